The van der Waals surface area contributed by atoms with Crippen molar-refractivity contribution >= 4 is 22.9 Å². The van der Waals surface area contributed by atoms with E-state index in [0.717, 1.165) is 5.56 Å². The molecule has 1 aromatic carbocycles. The zero-order valence-electron chi connectivity index (χ0n) is 16.1. The summed E-state index contributed by atoms with van der Waals surface area (Å²) < 4.78 is 14.8. The van der Waals surface area contributed by atoms with E-state index < -0.39 is 0 Å². The number of nitrogens with zero attached hydrogens (tertiary/aromatic N) is 4. The molecule has 2 aromatic heterocycles. The number of piperidine rings is 1. The topological polar surface area (TPSA) is 80.1 Å². The van der Waals surface area contributed by atoms with E-state index in [1.807, 2.05) is 11.0 Å². The largest absolute Gasteiger partial charge is 0.352 e. The first-order chi connectivity index (χ1) is 14.0. The van der Waals surface area contributed by atoms with Crippen LogP contribution in [-0.4, -0.2) is 33.5 Å². The summed E-state index contributed by atoms with van der Waals surface area (Å²) >= 11 is 0. The van der Waals surface area contributed by atoms with E-state index in [0.29, 0.717) is 49.5 Å². The van der Waals surface area contributed by atoms with Crippen LogP contribution in [0.25, 0.3) is 11.2 Å². The van der Waals surface area contributed by atoms with Gasteiger partial charge in [0.2, 0.25) is 5.91 Å². The van der Waals surface area contributed by atoms with Gasteiger partial charge >= 0.3 is 0 Å². The molecule has 1 amide bonds. The number of carbonyl (C=O) groups is 1. The molecule has 1 N–H and O–H groups in total. The number of amides is 1. The van der Waals surface area contributed by atoms with Crippen LogP contribution in [0.5, 0.6) is 0 Å². The summed E-state index contributed by atoms with van der Waals surface area (Å²) in [7, 11) is 1.69. The van der Waals surface area contributed by atoms with E-state index in [1.165, 1.54) is 16.7 Å². The first kappa shape index (κ1) is 19.0. The first-order valence-electron chi connectivity index (χ1n) is 9.62. The number of pyridine rings is 1. The number of anilines is 1. The minimum atomic E-state index is -0.315. The molecule has 1 aliphatic heterocycles. The fourth-order valence-corrected chi connectivity index (χ4v) is 3.68. The number of hydrogen-bond donors (Lipinski definition) is 1. The highest BCUT2D eigenvalue weighted by Crippen LogP contribution is 2.21. The molecule has 1 saturated heterocycles. The average Bonchev–Trinajstić information content (AvgIpc) is 2.75. The molecule has 0 atom stereocenters. The fourth-order valence-electron chi connectivity index (χ4n) is 3.68. The second kappa shape index (κ2) is 7.98. The number of aromatic nitrogens is 3. The third-order valence-corrected chi connectivity index (χ3v) is 5.33. The highest BCUT2D eigenvalue weighted by Gasteiger charge is 2.27. The zero-order valence-corrected chi connectivity index (χ0v) is 16.1. The molecule has 0 aliphatic carbocycles. The van der Waals surface area contributed by atoms with Gasteiger partial charge in [-0.3, -0.25) is 14.2 Å². The number of rotatable bonds is 4. The predicted octanol–water partition coefficient (Wildman–Crippen LogP) is 2.00. The maximum Gasteiger partial charge on any atom is 0.294 e. The van der Waals surface area contributed by atoms with Crippen molar-refractivity contribution in [2.24, 2.45) is 13.0 Å². The monoisotopic (exact) mass is 395 g/mol. The lowest BCUT2D eigenvalue weighted by Gasteiger charge is -2.31. The Hall–Kier alpha value is -3.29. The number of hydrogen-bond acceptors (Lipinski definition) is 5. The average molecular weight is 395 g/mol. The molecule has 3 heterocycles. The Labute approximate surface area is 167 Å². The lowest BCUT2D eigenvalue weighted by Crippen LogP contribution is -2.43. The van der Waals surface area contributed by atoms with Crippen molar-refractivity contribution in [3.8, 4) is 0 Å². The van der Waals surface area contributed by atoms with Crippen molar-refractivity contribution in [1.29, 1.82) is 0 Å². The van der Waals surface area contributed by atoms with Crippen LogP contribution in [0.2, 0.25) is 0 Å². The number of benzene rings is 1. The van der Waals surface area contributed by atoms with Crippen LogP contribution in [0.15, 0.2) is 47.4 Å². The molecule has 0 saturated carbocycles. The standard InChI is InChI=1S/C21H22FN5O2/c1-26-18-17(6-3-9-23-18)25-19(21(26)29)27-10-7-15(8-11-27)20(28)24-13-14-4-2-5-16(22)12-14/h2-6,9,12,15H,7-8,10-11,13H2,1H3,(H,24,28). The Balaban J connectivity index is 1.40. The van der Waals surface area contributed by atoms with Crippen LogP contribution in [0.3, 0.4) is 0 Å². The molecule has 150 valence electrons. The second-order valence-electron chi connectivity index (χ2n) is 7.25. The van der Waals surface area contributed by atoms with Gasteiger partial charge in [0, 0.05) is 38.8 Å². The first-order valence-corrected chi connectivity index (χ1v) is 9.62. The van der Waals surface area contributed by atoms with Crippen LogP contribution >= 0.6 is 0 Å². The van der Waals surface area contributed by atoms with E-state index in [9.17, 15) is 14.0 Å². The van der Waals surface area contributed by atoms with Crippen LogP contribution < -0.4 is 15.8 Å². The van der Waals surface area contributed by atoms with Crippen LogP contribution in [0.4, 0.5) is 10.2 Å². The Morgan fingerprint density at radius 2 is 2.03 bits per heavy atom. The molecule has 0 radical (unpaired) electrons. The zero-order chi connectivity index (χ0) is 20.4. The molecular formula is C21H22FN5O2. The molecule has 3 aromatic rings. The van der Waals surface area contributed by atoms with E-state index in [-0.39, 0.29) is 23.2 Å². The maximum atomic E-state index is 13.3. The molecule has 8 heteroatoms. The van der Waals surface area contributed by atoms with E-state index in [1.54, 1.807) is 31.4 Å². The lowest BCUT2D eigenvalue weighted by atomic mass is 9.96. The van der Waals surface area contributed by atoms with Gasteiger partial charge in [-0.1, -0.05) is 12.1 Å². The van der Waals surface area contributed by atoms with Gasteiger partial charge < -0.3 is 10.2 Å². The van der Waals surface area contributed by atoms with Crippen LogP contribution in [0.1, 0.15) is 18.4 Å². The number of aryl methyl sites for hydroxylation is 1. The maximum absolute atomic E-state index is 13.3. The van der Waals surface area contributed by atoms with Gasteiger partial charge in [0.1, 0.15) is 11.3 Å². The second-order valence-corrected chi connectivity index (χ2v) is 7.25. The normalized spacial score (nSPS) is 14.9. The SMILES string of the molecule is Cn1c(=O)c(N2CCC(C(=O)NCc3cccc(F)c3)CC2)nc2cccnc21. The molecule has 1 fully saturated rings. The summed E-state index contributed by atoms with van der Waals surface area (Å²) in [6, 6.07) is 9.82. The number of fused-ring (bicyclic) bond motifs is 1. The number of nitrogens with one attached hydrogen (secondary N) is 1. The smallest absolute Gasteiger partial charge is 0.294 e. The minimum Gasteiger partial charge on any atom is -0.352 e. The molecule has 0 bridgehead atoms. The molecule has 0 unspecified atom stereocenters. The number of halogens is 1. The minimum absolute atomic E-state index is 0.0440. The van der Waals surface area contributed by atoms with Gasteiger partial charge in [-0.05, 0) is 42.7 Å². The number of carbonyl (C=O) groups excluding carboxylic acids is 1. The van der Waals surface area contributed by atoms with Crippen molar-refractivity contribution in [3.63, 3.8) is 0 Å². The van der Waals surface area contributed by atoms with Gasteiger partial charge in [-0.15, -0.1) is 0 Å². The van der Waals surface area contributed by atoms with Crippen molar-refractivity contribution in [1.82, 2.24) is 19.9 Å². The van der Waals surface area contributed by atoms with Gasteiger partial charge in [0.05, 0.1) is 0 Å². The molecule has 29 heavy (non-hydrogen) atoms. The highest BCUT2D eigenvalue weighted by molar-refractivity contribution is 5.79. The Bertz CT molecular complexity index is 1110. The van der Waals surface area contributed by atoms with E-state index >= 15 is 0 Å². The summed E-state index contributed by atoms with van der Waals surface area (Å²) in [6.45, 7) is 1.45. The lowest BCUT2D eigenvalue weighted by molar-refractivity contribution is -0.125. The molecule has 1 aliphatic rings. The van der Waals surface area contributed by atoms with Crippen molar-refractivity contribution in [2.45, 2.75) is 19.4 Å². The Kier molecular flexibility index (Phi) is 5.24. The van der Waals surface area contributed by atoms with Crippen LogP contribution in [-0.2, 0) is 18.4 Å². The summed E-state index contributed by atoms with van der Waals surface area (Å²) in [5, 5.41) is 2.88. The molecule has 0 spiro atoms. The van der Waals surface area contributed by atoms with Gasteiger partial charge in [-0.2, -0.15) is 0 Å². The Morgan fingerprint density at radius 3 is 2.79 bits per heavy atom. The molecular weight excluding hydrogens is 373 g/mol. The fraction of sp³-hybridized carbons (Fsp3) is 0.333. The van der Waals surface area contributed by atoms with E-state index in [2.05, 4.69) is 15.3 Å². The third kappa shape index (κ3) is 3.96. The highest BCUT2D eigenvalue weighted by atomic mass is 19.1. The molecule has 4 rings (SSSR count). The van der Waals surface area contributed by atoms with Crippen molar-refractivity contribution in [2.75, 3.05) is 18.0 Å². The van der Waals surface area contributed by atoms with Crippen molar-refractivity contribution < 1.29 is 9.18 Å². The van der Waals surface area contributed by atoms with Gasteiger partial charge in [0.25, 0.3) is 5.56 Å². The van der Waals surface area contributed by atoms with Crippen molar-refractivity contribution in [3.05, 3.63) is 64.3 Å². The predicted molar refractivity (Wildman–Crippen MR) is 108 cm³/mol. The quantitative estimate of drug-likeness (QED) is 0.731. The van der Waals surface area contributed by atoms with Crippen LogP contribution in [0, 0.1) is 11.7 Å². The Morgan fingerprint density at radius 1 is 1.24 bits per heavy atom. The summed E-state index contributed by atoms with van der Waals surface area (Å²) in [6.07, 6.45) is 2.90. The summed E-state index contributed by atoms with van der Waals surface area (Å²) in [5.41, 5.74) is 1.76. The summed E-state index contributed by atoms with van der Waals surface area (Å²) in [5.74, 6) is -0.0976. The van der Waals surface area contributed by atoms with Gasteiger partial charge in [0.15, 0.2) is 11.5 Å². The third-order valence-electron chi connectivity index (χ3n) is 5.33. The van der Waals surface area contributed by atoms with Gasteiger partial charge in [-0.25, -0.2) is 14.4 Å². The summed E-state index contributed by atoms with van der Waals surface area (Å²) in [4.78, 5) is 35.8. The molecule has 7 nitrogen and oxygen atoms in total. The van der Waals surface area contributed by atoms with E-state index in [4.69, 9.17) is 0 Å².